The smallest absolute Gasteiger partial charge is 0.328 e. The first-order valence-corrected chi connectivity index (χ1v) is 7.44. The van der Waals surface area contributed by atoms with Crippen LogP contribution in [0.2, 0.25) is 0 Å². The second kappa shape index (κ2) is 7.97. The van der Waals surface area contributed by atoms with Gasteiger partial charge in [-0.3, -0.25) is 4.79 Å². The third kappa shape index (κ3) is 5.61. The van der Waals surface area contributed by atoms with Crippen molar-refractivity contribution in [2.24, 2.45) is 0 Å². The molecule has 0 heterocycles. The van der Waals surface area contributed by atoms with E-state index in [0.717, 1.165) is 17.2 Å². The number of aliphatic carboxylic acids is 1. The van der Waals surface area contributed by atoms with Crippen LogP contribution < -0.4 is 10.1 Å². The molecule has 0 unspecified atom stereocenters. The summed E-state index contributed by atoms with van der Waals surface area (Å²) < 4.78 is 5.51. The molecule has 24 heavy (non-hydrogen) atoms. The predicted molar refractivity (Wildman–Crippen MR) is 93.2 cm³/mol. The Hall–Kier alpha value is -3.08. The molecule has 2 aromatic carbocycles. The number of amides is 1. The summed E-state index contributed by atoms with van der Waals surface area (Å²) in [7, 11) is 0. The Kier molecular flexibility index (Phi) is 5.73. The lowest BCUT2D eigenvalue weighted by Crippen LogP contribution is -2.20. The molecule has 0 aliphatic heterocycles. The molecule has 5 heteroatoms. The summed E-state index contributed by atoms with van der Waals surface area (Å²) in [6.45, 7) is 3.84. The minimum Gasteiger partial charge on any atom is -0.484 e. The molecule has 0 aliphatic rings. The first-order valence-electron chi connectivity index (χ1n) is 7.44. The second-order valence-corrected chi connectivity index (χ2v) is 5.46. The highest BCUT2D eigenvalue weighted by atomic mass is 16.5. The van der Waals surface area contributed by atoms with E-state index in [9.17, 15) is 9.59 Å². The fraction of sp³-hybridized carbons (Fsp3) is 0.158. The van der Waals surface area contributed by atoms with Crippen LogP contribution in [0.5, 0.6) is 5.75 Å². The van der Waals surface area contributed by atoms with Crippen LogP contribution in [-0.2, 0) is 9.59 Å². The Morgan fingerprint density at radius 2 is 1.83 bits per heavy atom. The molecule has 2 rings (SSSR count). The molecular weight excluding hydrogens is 306 g/mol. The fourth-order valence-electron chi connectivity index (χ4n) is 2.25. The standard InChI is InChI=1S/C19H19NO4/c1-13-8-14(2)10-17(9-13)24-12-18(21)20-16-5-3-4-15(11-16)6-7-19(22)23/h3-11H,12H2,1-2H3,(H,20,21)(H,22,23)/b7-6+. The van der Waals surface area contributed by atoms with E-state index in [2.05, 4.69) is 5.32 Å². The molecular formula is C19H19NO4. The van der Waals surface area contributed by atoms with E-state index in [4.69, 9.17) is 9.84 Å². The van der Waals surface area contributed by atoms with E-state index in [1.807, 2.05) is 32.0 Å². The van der Waals surface area contributed by atoms with Crippen molar-refractivity contribution in [3.63, 3.8) is 0 Å². The number of carboxylic acids is 1. The van der Waals surface area contributed by atoms with Crippen molar-refractivity contribution in [1.82, 2.24) is 0 Å². The number of carbonyl (C=O) groups is 2. The van der Waals surface area contributed by atoms with Crippen LogP contribution in [0.25, 0.3) is 6.08 Å². The average molecular weight is 325 g/mol. The van der Waals surface area contributed by atoms with Crippen LogP contribution in [-0.4, -0.2) is 23.6 Å². The number of benzene rings is 2. The van der Waals surface area contributed by atoms with Gasteiger partial charge in [0.1, 0.15) is 5.75 Å². The minimum atomic E-state index is -1.02. The molecule has 5 nitrogen and oxygen atoms in total. The SMILES string of the molecule is Cc1cc(C)cc(OCC(=O)Nc2cccc(/C=C/C(=O)O)c2)c1. The van der Waals surface area contributed by atoms with Crippen molar-refractivity contribution < 1.29 is 19.4 Å². The van der Waals surface area contributed by atoms with E-state index in [-0.39, 0.29) is 12.5 Å². The molecule has 0 bridgehead atoms. The van der Waals surface area contributed by atoms with Gasteiger partial charge in [-0.05, 0) is 60.9 Å². The lowest BCUT2D eigenvalue weighted by molar-refractivity contribution is -0.131. The van der Waals surface area contributed by atoms with E-state index in [0.29, 0.717) is 17.0 Å². The first kappa shape index (κ1) is 17.3. The van der Waals surface area contributed by atoms with Crippen molar-refractivity contribution in [1.29, 1.82) is 0 Å². The number of hydrogen-bond donors (Lipinski definition) is 2. The Bertz CT molecular complexity index is 760. The van der Waals surface area contributed by atoms with Gasteiger partial charge in [-0.1, -0.05) is 18.2 Å². The largest absolute Gasteiger partial charge is 0.484 e. The van der Waals surface area contributed by atoms with Gasteiger partial charge in [-0.25, -0.2) is 4.79 Å². The third-order valence-corrected chi connectivity index (χ3v) is 3.15. The maximum absolute atomic E-state index is 12.0. The molecule has 0 aliphatic carbocycles. The predicted octanol–water partition coefficient (Wildman–Crippen LogP) is 3.42. The number of hydrogen-bond acceptors (Lipinski definition) is 3. The molecule has 0 saturated carbocycles. The van der Waals surface area contributed by atoms with E-state index >= 15 is 0 Å². The van der Waals surface area contributed by atoms with E-state index < -0.39 is 5.97 Å². The Labute approximate surface area is 140 Å². The Morgan fingerprint density at radius 1 is 1.12 bits per heavy atom. The van der Waals surface area contributed by atoms with Gasteiger partial charge in [-0.2, -0.15) is 0 Å². The van der Waals surface area contributed by atoms with Crippen LogP contribution in [0.15, 0.2) is 48.5 Å². The summed E-state index contributed by atoms with van der Waals surface area (Å²) in [5.41, 5.74) is 3.41. The second-order valence-electron chi connectivity index (χ2n) is 5.46. The highest BCUT2D eigenvalue weighted by Gasteiger charge is 2.05. The zero-order valence-electron chi connectivity index (χ0n) is 13.6. The number of nitrogens with one attached hydrogen (secondary N) is 1. The molecule has 2 N–H and O–H groups in total. The molecule has 0 fully saturated rings. The number of rotatable bonds is 6. The lowest BCUT2D eigenvalue weighted by atomic mass is 10.1. The van der Waals surface area contributed by atoms with Crippen molar-refractivity contribution in [3.8, 4) is 5.75 Å². The Morgan fingerprint density at radius 3 is 2.50 bits per heavy atom. The molecule has 0 spiro atoms. The highest BCUT2D eigenvalue weighted by molar-refractivity contribution is 5.92. The van der Waals surface area contributed by atoms with Crippen molar-refractivity contribution in [2.75, 3.05) is 11.9 Å². The van der Waals surface area contributed by atoms with Gasteiger partial charge >= 0.3 is 5.97 Å². The van der Waals surface area contributed by atoms with Gasteiger partial charge < -0.3 is 15.2 Å². The normalized spacial score (nSPS) is 10.6. The summed E-state index contributed by atoms with van der Waals surface area (Å²) in [6, 6.07) is 12.7. The molecule has 0 aromatic heterocycles. The maximum atomic E-state index is 12.0. The number of aryl methyl sites for hydroxylation is 2. The zero-order valence-corrected chi connectivity index (χ0v) is 13.6. The van der Waals surface area contributed by atoms with Gasteiger partial charge in [0.05, 0.1) is 0 Å². The van der Waals surface area contributed by atoms with Gasteiger partial charge in [0.2, 0.25) is 0 Å². The number of carboxylic acid groups (broad SMARTS) is 1. The highest BCUT2D eigenvalue weighted by Crippen LogP contribution is 2.16. The summed E-state index contributed by atoms with van der Waals surface area (Å²) in [5, 5.41) is 11.4. The average Bonchev–Trinajstić information content (AvgIpc) is 2.50. The molecule has 0 atom stereocenters. The Balaban J connectivity index is 1.94. The van der Waals surface area contributed by atoms with Gasteiger partial charge in [0.25, 0.3) is 5.91 Å². The van der Waals surface area contributed by atoms with Crippen LogP contribution in [0.1, 0.15) is 16.7 Å². The number of anilines is 1. The van der Waals surface area contributed by atoms with Crippen LogP contribution in [0.3, 0.4) is 0 Å². The maximum Gasteiger partial charge on any atom is 0.328 e. The molecule has 0 saturated heterocycles. The molecule has 124 valence electrons. The van der Waals surface area contributed by atoms with Crippen molar-refractivity contribution >= 4 is 23.6 Å². The van der Waals surface area contributed by atoms with Crippen LogP contribution >= 0.6 is 0 Å². The molecule has 0 radical (unpaired) electrons. The summed E-state index contributed by atoms with van der Waals surface area (Å²) in [6.07, 6.45) is 2.51. The molecule has 1 amide bonds. The summed E-state index contributed by atoms with van der Waals surface area (Å²) in [4.78, 5) is 22.5. The molecule has 2 aromatic rings. The van der Waals surface area contributed by atoms with Gasteiger partial charge in [0, 0.05) is 11.8 Å². The summed E-state index contributed by atoms with van der Waals surface area (Å²) >= 11 is 0. The van der Waals surface area contributed by atoms with Crippen LogP contribution in [0.4, 0.5) is 5.69 Å². The first-order chi connectivity index (χ1) is 11.4. The third-order valence-electron chi connectivity index (χ3n) is 3.15. The van der Waals surface area contributed by atoms with Gasteiger partial charge in [0.15, 0.2) is 6.61 Å². The van der Waals surface area contributed by atoms with Crippen molar-refractivity contribution in [2.45, 2.75) is 13.8 Å². The summed E-state index contributed by atoms with van der Waals surface area (Å²) in [5.74, 6) is -0.652. The lowest BCUT2D eigenvalue weighted by Gasteiger charge is -2.09. The van der Waals surface area contributed by atoms with E-state index in [1.165, 1.54) is 6.08 Å². The van der Waals surface area contributed by atoms with E-state index in [1.54, 1.807) is 24.3 Å². The van der Waals surface area contributed by atoms with Gasteiger partial charge in [-0.15, -0.1) is 0 Å². The quantitative estimate of drug-likeness (QED) is 0.798. The van der Waals surface area contributed by atoms with Crippen molar-refractivity contribution in [3.05, 3.63) is 65.2 Å². The number of ether oxygens (including phenoxy) is 1. The topological polar surface area (TPSA) is 75.6 Å². The fourth-order valence-corrected chi connectivity index (χ4v) is 2.25. The number of carbonyl (C=O) groups excluding carboxylic acids is 1. The van der Waals surface area contributed by atoms with Crippen LogP contribution in [0, 0.1) is 13.8 Å². The zero-order chi connectivity index (χ0) is 17.5. The monoisotopic (exact) mass is 325 g/mol. The minimum absolute atomic E-state index is 0.0991.